The maximum atomic E-state index is 12.0. The Morgan fingerprint density at radius 3 is 2.40 bits per heavy atom. The minimum absolute atomic E-state index is 0.177. The summed E-state index contributed by atoms with van der Waals surface area (Å²) < 4.78 is 0.840. The van der Waals surface area contributed by atoms with Gasteiger partial charge in [-0.1, -0.05) is 56.8 Å². The fraction of sp³-hybridized carbons (Fsp3) is 0.0714. The van der Waals surface area contributed by atoms with Crippen molar-refractivity contribution in [3.63, 3.8) is 0 Å². The SMILES string of the molecule is O=C(Cc1ccc(Cl)c(Cl)c1)Nc1cc(Br)ccc1Cl. The van der Waals surface area contributed by atoms with Gasteiger partial charge in [-0.3, -0.25) is 4.79 Å². The van der Waals surface area contributed by atoms with Crippen molar-refractivity contribution in [1.82, 2.24) is 0 Å². The van der Waals surface area contributed by atoms with Gasteiger partial charge in [0, 0.05) is 4.47 Å². The topological polar surface area (TPSA) is 29.1 Å². The molecule has 0 spiro atoms. The minimum atomic E-state index is -0.177. The molecule has 0 heterocycles. The molecule has 0 saturated heterocycles. The lowest BCUT2D eigenvalue weighted by Crippen LogP contribution is -2.14. The van der Waals surface area contributed by atoms with Crippen molar-refractivity contribution >= 4 is 62.3 Å². The Morgan fingerprint density at radius 2 is 1.70 bits per heavy atom. The number of hydrogen-bond donors (Lipinski definition) is 1. The second-order valence-electron chi connectivity index (χ2n) is 4.10. The molecule has 1 amide bonds. The average molecular weight is 393 g/mol. The van der Waals surface area contributed by atoms with E-state index in [1.165, 1.54) is 0 Å². The smallest absolute Gasteiger partial charge is 0.228 e. The second-order valence-corrected chi connectivity index (χ2v) is 6.23. The molecule has 1 N–H and O–H groups in total. The van der Waals surface area contributed by atoms with Gasteiger partial charge in [0.05, 0.1) is 27.2 Å². The summed E-state index contributed by atoms with van der Waals surface area (Å²) in [6, 6.07) is 10.4. The number of halogens is 4. The molecule has 0 bridgehead atoms. The van der Waals surface area contributed by atoms with Gasteiger partial charge in [0.1, 0.15) is 0 Å². The predicted molar refractivity (Wildman–Crippen MR) is 87.9 cm³/mol. The summed E-state index contributed by atoms with van der Waals surface area (Å²) in [6.07, 6.45) is 0.194. The largest absolute Gasteiger partial charge is 0.324 e. The van der Waals surface area contributed by atoms with Crippen LogP contribution in [-0.2, 0) is 11.2 Å². The van der Waals surface area contributed by atoms with Crippen LogP contribution in [0.15, 0.2) is 40.9 Å². The number of anilines is 1. The lowest BCUT2D eigenvalue weighted by Gasteiger charge is -2.08. The molecule has 0 aliphatic rings. The second kappa shape index (κ2) is 6.81. The quantitative estimate of drug-likeness (QED) is 0.724. The molecule has 0 atom stereocenters. The fourth-order valence-corrected chi connectivity index (χ4v) is 2.47. The van der Waals surface area contributed by atoms with Crippen molar-refractivity contribution in [2.24, 2.45) is 0 Å². The summed E-state index contributed by atoms with van der Waals surface area (Å²) >= 11 is 21.1. The molecule has 6 heteroatoms. The Morgan fingerprint density at radius 1 is 1.00 bits per heavy atom. The van der Waals surface area contributed by atoms with E-state index in [0.717, 1.165) is 10.0 Å². The van der Waals surface area contributed by atoms with Crippen LogP contribution in [0, 0.1) is 0 Å². The Hall–Kier alpha value is -0.740. The first kappa shape index (κ1) is 15.6. The van der Waals surface area contributed by atoms with E-state index in [9.17, 15) is 4.79 Å². The summed E-state index contributed by atoms with van der Waals surface area (Å²) in [4.78, 5) is 12.0. The van der Waals surface area contributed by atoms with Gasteiger partial charge in [0.2, 0.25) is 5.91 Å². The van der Waals surface area contributed by atoms with Crippen molar-refractivity contribution in [1.29, 1.82) is 0 Å². The highest BCUT2D eigenvalue weighted by Gasteiger charge is 2.08. The number of benzene rings is 2. The number of amides is 1. The van der Waals surface area contributed by atoms with Crippen LogP contribution in [0.1, 0.15) is 5.56 Å². The van der Waals surface area contributed by atoms with Crippen molar-refractivity contribution in [2.75, 3.05) is 5.32 Å². The number of nitrogens with one attached hydrogen (secondary N) is 1. The fourth-order valence-electron chi connectivity index (χ4n) is 1.62. The summed E-state index contributed by atoms with van der Waals surface area (Å²) in [7, 11) is 0. The van der Waals surface area contributed by atoms with E-state index >= 15 is 0 Å². The van der Waals surface area contributed by atoms with Crippen molar-refractivity contribution in [3.8, 4) is 0 Å². The van der Waals surface area contributed by atoms with Crippen molar-refractivity contribution in [3.05, 3.63) is 61.5 Å². The van der Waals surface area contributed by atoms with Crippen LogP contribution >= 0.6 is 50.7 Å². The first-order valence-corrected chi connectivity index (χ1v) is 7.57. The van der Waals surface area contributed by atoms with Crippen LogP contribution in [0.25, 0.3) is 0 Å². The third kappa shape index (κ3) is 4.13. The molecule has 2 aromatic carbocycles. The number of rotatable bonds is 3. The Bertz CT molecular complexity index is 661. The molecule has 0 saturated carbocycles. The zero-order valence-electron chi connectivity index (χ0n) is 10.1. The van der Waals surface area contributed by atoms with Gasteiger partial charge in [-0.15, -0.1) is 0 Å². The van der Waals surface area contributed by atoms with Crippen LogP contribution in [0.4, 0.5) is 5.69 Å². The van der Waals surface area contributed by atoms with E-state index in [-0.39, 0.29) is 12.3 Å². The van der Waals surface area contributed by atoms with Crippen LogP contribution in [0.2, 0.25) is 15.1 Å². The van der Waals surface area contributed by atoms with Crippen LogP contribution in [0.5, 0.6) is 0 Å². The van der Waals surface area contributed by atoms with E-state index in [2.05, 4.69) is 21.2 Å². The van der Waals surface area contributed by atoms with Crippen LogP contribution in [-0.4, -0.2) is 5.91 Å². The molecule has 0 aliphatic heterocycles. The highest BCUT2D eigenvalue weighted by Crippen LogP contribution is 2.26. The van der Waals surface area contributed by atoms with Crippen LogP contribution in [0.3, 0.4) is 0 Å². The molecule has 0 aliphatic carbocycles. The molecule has 0 radical (unpaired) electrons. The van der Waals surface area contributed by atoms with Gasteiger partial charge in [0.25, 0.3) is 0 Å². The Kier molecular flexibility index (Phi) is 5.33. The molecule has 20 heavy (non-hydrogen) atoms. The lowest BCUT2D eigenvalue weighted by atomic mass is 10.1. The molecule has 2 aromatic rings. The monoisotopic (exact) mass is 391 g/mol. The van der Waals surface area contributed by atoms with Gasteiger partial charge in [-0.25, -0.2) is 0 Å². The summed E-state index contributed by atoms with van der Waals surface area (Å²) in [5, 5.41) is 4.13. The first-order chi connectivity index (χ1) is 9.45. The Balaban J connectivity index is 2.09. The third-order valence-corrected chi connectivity index (χ3v) is 4.11. The van der Waals surface area contributed by atoms with E-state index in [0.29, 0.717) is 20.8 Å². The normalized spacial score (nSPS) is 10.4. The van der Waals surface area contributed by atoms with Gasteiger partial charge in [-0.2, -0.15) is 0 Å². The standard InChI is InChI=1S/C14H9BrCl3NO/c15-9-2-4-11(17)13(7-9)19-14(20)6-8-1-3-10(16)12(18)5-8/h1-5,7H,6H2,(H,19,20). The van der Waals surface area contributed by atoms with Gasteiger partial charge < -0.3 is 5.32 Å². The predicted octanol–water partition coefficient (Wildman–Crippen LogP) is 5.59. The summed E-state index contributed by atoms with van der Waals surface area (Å²) in [6.45, 7) is 0. The molecular formula is C14H9BrCl3NO. The third-order valence-electron chi connectivity index (χ3n) is 2.55. The van der Waals surface area contributed by atoms with E-state index in [1.54, 1.807) is 36.4 Å². The molecule has 0 fully saturated rings. The molecule has 104 valence electrons. The molecule has 0 aromatic heterocycles. The number of carbonyl (C=O) groups excluding carboxylic acids is 1. The number of hydrogen-bond acceptors (Lipinski definition) is 1. The molecule has 0 unspecified atom stereocenters. The minimum Gasteiger partial charge on any atom is -0.324 e. The van der Waals surface area contributed by atoms with Gasteiger partial charge in [0.15, 0.2) is 0 Å². The van der Waals surface area contributed by atoms with Crippen molar-refractivity contribution < 1.29 is 4.79 Å². The maximum Gasteiger partial charge on any atom is 0.228 e. The van der Waals surface area contributed by atoms with Gasteiger partial charge in [-0.05, 0) is 35.9 Å². The molecule has 2 nitrogen and oxygen atoms in total. The van der Waals surface area contributed by atoms with E-state index < -0.39 is 0 Å². The average Bonchev–Trinajstić information content (AvgIpc) is 2.38. The van der Waals surface area contributed by atoms with Crippen molar-refractivity contribution in [2.45, 2.75) is 6.42 Å². The zero-order chi connectivity index (χ0) is 14.7. The highest BCUT2D eigenvalue weighted by molar-refractivity contribution is 9.10. The Labute approximate surface area is 140 Å². The van der Waals surface area contributed by atoms with Crippen LogP contribution < -0.4 is 5.32 Å². The van der Waals surface area contributed by atoms with Gasteiger partial charge >= 0.3 is 0 Å². The van der Waals surface area contributed by atoms with E-state index in [4.69, 9.17) is 34.8 Å². The summed E-state index contributed by atoms with van der Waals surface area (Å²) in [5.41, 5.74) is 1.34. The highest BCUT2D eigenvalue weighted by atomic mass is 79.9. The maximum absolute atomic E-state index is 12.0. The lowest BCUT2D eigenvalue weighted by molar-refractivity contribution is -0.115. The summed E-state index contributed by atoms with van der Waals surface area (Å²) in [5.74, 6) is -0.177. The first-order valence-electron chi connectivity index (χ1n) is 5.64. The zero-order valence-corrected chi connectivity index (χ0v) is 13.9. The molecular weight excluding hydrogens is 384 g/mol. The van der Waals surface area contributed by atoms with E-state index in [1.807, 2.05) is 0 Å². The molecule has 2 rings (SSSR count). The number of carbonyl (C=O) groups is 1.